The van der Waals surface area contributed by atoms with Crippen LogP contribution in [0.3, 0.4) is 0 Å². The van der Waals surface area contributed by atoms with E-state index >= 15 is 0 Å². The highest BCUT2D eigenvalue weighted by molar-refractivity contribution is 7.14. The first-order chi connectivity index (χ1) is 12.0. The van der Waals surface area contributed by atoms with Gasteiger partial charge in [-0.05, 0) is 35.1 Å². The molecular weight excluding hydrogens is 337 g/mol. The molecule has 0 saturated heterocycles. The Balaban J connectivity index is 1.60. The van der Waals surface area contributed by atoms with Crippen molar-refractivity contribution in [2.24, 2.45) is 0 Å². The predicted octanol–water partition coefficient (Wildman–Crippen LogP) is 4.92. The zero-order valence-corrected chi connectivity index (χ0v) is 14.1. The van der Waals surface area contributed by atoms with Crippen molar-refractivity contribution in [1.29, 1.82) is 0 Å². The molecule has 1 fully saturated rings. The first kappa shape index (κ1) is 15.8. The highest BCUT2D eigenvalue weighted by atomic mass is 32.1. The van der Waals surface area contributed by atoms with Gasteiger partial charge in [0.15, 0.2) is 5.13 Å². The fourth-order valence-corrected chi connectivity index (χ4v) is 3.96. The summed E-state index contributed by atoms with van der Waals surface area (Å²) >= 11 is 1.04. The first-order valence-corrected chi connectivity index (χ1v) is 8.81. The smallest absolute Gasteiger partial charge is 0.314 e. The number of benzene rings is 2. The Bertz CT molecular complexity index is 941. The third-order valence-corrected chi connectivity index (χ3v) is 5.80. The van der Waals surface area contributed by atoms with E-state index in [2.05, 4.69) is 0 Å². The largest absolute Gasteiger partial charge is 0.481 e. The molecule has 0 spiro atoms. The number of aliphatic carboxylic acids is 1. The van der Waals surface area contributed by atoms with Crippen LogP contribution in [-0.2, 0) is 10.2 Å². The molecule has 3 N–H and O–H groups in total. The van der Waals surface area contributed by atoms with Gasteiger partial charge in [0.1, 0.15) is 0 Å². The van der Waals surface area contributed by atoms with E-state index in [0.717, 1.165) is 38.5 Å². The van der Waals surface area contributed by atoms with Gasteiger partial charge in [-0.15, -0.1) is 11.3 Å². The first-order valence-electron chi connectivity index (χ1n) is 7.99. The maximum atomic E-state index is 13.3. The summed E-state index contributed by atoms with van der Waals surface area (Å²) in [6, 6.07) is 16.8. The molecule has 2 aromatic carbocycles. The Morgan fingerprint density at radius 1 is 1.00 bits per heavy atom. The standard InChI is InChI=1S/C20H16FNO2S/c21-17-11-16(22)18(25-17)14-3-1-12(2-4-14)13-5-7-15(8-6-13)20(9-10-20)19(23)24/h1-8,11H,9-10,22H2,(H,23,24). The van der Waals surface area contributed by atoms with Crippen LogP contribution in [0.5, 0.6) is 0 Å². The van der Waals surface area contributed by atoms with Crippen LogP contribution < -0.4 is 5.73 Å². The summed E-state index contributed by atoms with van der Waals surface area (Å²) in [6.45, 7) is 0. The van der Waals surface area contributed by atoms with E-state index in [9.17, 15) is 14.3 Å². The summed E-state index contributed by atoms with van der Waals surface area (Å²) in [5, 5.41) is 9.08. The third kappa shape index (κ3) is 2.70. The fraction of sp³-hybridized carbons (Fsp3) is 0.150. The van der Waals surface area contributed by atoms with E-state index in [1.54, 1.807) is 0 Å². The molecule has 1 aliphatic carbocycles. The van der Waals surface area contributed by atoms with Crippen molar-refractivity contribution in [3.8, 4) is 21.6 Å². The summed E-state index contributed by atoms with van der Waals surface area (Å²) < 4.78 is 13.3. The lowest BCUT2D eigenvalue weighted by Gasteiger charge is -2.11. The number of nitrogens with two attached hydrogens (primary N) is 1. The van der Waals surface area contributed by atoms with Crippen LogP contribution in [0.4, 0.5) is 10.1 Å². The molecule has 0 bridgehead atoms. The van der Waals surface area contributed by atoms with Gasteiger partial charge in [0.2, 0.25) is 0 Å². The second-order valence-corrected chi connectivity index (χ2v) is 7.38. The molecule has 126 valence electrons. The van der Waals surface area contributed by atoms with Crippen molar-refractivity contribution in [2.45, 2.75) is 18.3 Å². The molecule has 5 heteroatoms. The van der Waals surface area contributed by atoms with Gasteiger partial charge < -0.3 is 10.8 Å². The average molecular weight is 353 g/mol. The van der Waals surface area contributed by atoms with Gasteiger partial charge in [-0.2, -0.15) is 4.39 Å². The molecular formula is C20H16FNO2S. The van der Waals surface area contributed by atoms with Crippen LogP contribution in [0.2, 0.25) is 0 Å². The summed E-state index contributed by atoms with van der Waals surface area (Å²) in [4.78, 5) is 12.1. The monoisotopic (exact) mass is 353 g/mol. The topological polar surface area (TPSA) is 63.3 Å². The number of carboxylic acid groups (broad SMARTS) is 1. The number of nitrogen functional groups attached to an aromatic ring is 1. The number of anilines is 1. The molecule has 4 rings (SSSR count). The van der Waals surface area contributed by atoms with Gasteiger partial charge in [-0.1, -0.05) is 48.5 Å². The van der Waals surface area contributed by atoms with Crippen molar-refractivity contribution in [2.75, 3.05) is 5.73 Å². The highest BCUT2D eigenvalue weighted by Gasteiger charge is 2.51. The van der Waals surface area contributed by atoms with Gasteiger partial charge in [0.25, 0.3) is 0 Å². The lowest BCUT2D eigenvalue weighted by Crippen LogP contribution is -2.19. The zero-order chi connectivity index (χ0) is 17.6. The molecule has 0 atom stereocenters. The lowest BCUT2D eigenvalue weighted by atomic mass is 9.93. The Labute approximate surface area is 148 Å². The van der Waals surface area contributed by atoms with E-state index < -0.39 is 11.4 Å². The molecule has 3 aromatic rings. The van der Waals surface area contributed by atoms with Gasteiger partial charge in [0.05, 0.1) is 16.0 Å². The lowest BCUT2D eigenvalue weighted by molar-refractivity contribution is -0.140. The zero-order valence-electron chi connectivity index (χ0n) is 13.3. The Morgan fingerprint density at radius 3 is 1.96 bits per heavy atom. The van der Waals surface area contributed by atoms with E-state index in [-0.39, 0.29) is 5.13 Å². The number of carbonyl (C=O) groups is 1. The molecule has 1 aliphatic rings. The quantitative estimate of drug-likeness (QED) is 0.700. The summed E-state index contributed by atoms with van der Waals surface area (Å²) in [7, 11) is 0. The number of thiophene rings is 1. The summed E-state index contributed by atoms with van der Waals surface area (Å²) in [6.07, 6.45) is 1.41. The number of halogens is 1. The molecule has 1 saturated carbocycles. The van der Waals surface area contributed by atoms with Gasteiger partial charge >= 0.3 is 5.97 Å². The van der Waals surface area contributed by atoms with Crippen molar-refractivity contribution in [1.82, 2.24) is 0 Å². The molecule has 0 unspecified atom stereocenters. The second-order valence-electron chi connectivity index (χ2n) is 6.38. The van der Waals surface area contributed by atoms with Crippen molar-refractivity contribution in [3.05, 3.63) is 65.3 Å². The second kappa shape index (κ2) is 5.70. The number of carboxylic acids is 1. The van der Waals surface area contributed by atoms with Gasteiger partial charge in [-0.25, -0.2) is 0 Å². The molecule has 1 heterocycles. The predicted molar refractivity (Wildman–Crippen MR) is 98.1 cm³/mol. The Kier molecular flexibility index (Phi) is 3.62. The number of rotatable bonds is 4. The minimum absolute atomic E-state index is 0.292. The average Bonchev–Trinajstić information content (AvgIpc) is 3.36. The SMILES string of the molecule is Nc1cc(F)sc1-c1ccc(-c2ccc(C3(C(=O)O)CC3)cc2)cc1. The Morgan fingerprint density at radius 2 is 1.52 bits per heavy atom. The van der Waals surface area contributed by atoms with Gasteiger partial charge in [-0.3, -0.25) is 4.79 Å². The summed E-state index contributed by atoms with van der Waals surface area (Å²) in [5.74, 6) is -0.745. The van der Waals surface area contributed by atoms with Crippen LogP contribution in [0.25, 0.3) is 21.6 Å². The molecule has 0 amide bonds. The highest BCUT2D eigenvalue weighted by Crippen LogP contribution is 2.48. The maximum absolute atomic E-state index is 13.3. The molecule has 3 nitrogen and oxygen atoms in total. The minimum atomic E-state index is -0.745. The molecule has 1 aromatic heterocycles. The van der Waals surface area contributed by atoms with E-state index in [4.69, 9.17) is 5.73 Å². The van der Waals surface area contributed by atoms with Crippen LogP contribution >= 0.6 is 11.3 Å². The van der Waals surface area contributed by atoms with E-state index in [1.165, 1.54) is 6.07 Å². The van der Waals surface area contributed by atoms with Crippen LogP contribution in [-0.4, -0.2) is 11.1 Å². The van der Waals surface area contributed by atoms with Crippen molar-refractivity contribution < 1.29 is 14.3 Å². The Hall–Kier alpha value is -2.66. The van der Waals surface area contributed by atoms with Crippen molar-refractivity contribution in [3.63, 3.8) is 0 Å². The molecule has 25 heavy (non-hydrogen) atoms. The molecule has 0 aliphatic heterocycles. The maximum Gasteiger partial charge on any atom is 0.314 e. The fourth-order valence-electron chi connectivity index (χ4n) is 3.15. The van der Waals surface area contributed by atoms with Crippen molar-refractivity contribution >= 4 is 23.0 Å². The normalized spacial score (nSPS) is 15.1. The molecule has 0 radical (unpaired) electrons. The van der Waals surface area contributed by atoms with E-state index in [0.29, 0.717) is 18.5 Å². The third-order valence-electron chi connectivity index (χ3n) is 4.81. The number of hydrogen-bond donors (Lipinski definition) is 2. The van der Waals surface area contributed by atoms with Crippen LogP contribution in [0.1, 0.15) is 18.4 Å². The van der Waals surface area contributed by atoms with Crippen LogP contribution in [0, 0.1) is 5.13 Å². The minimum Gasteiger partial charge on any atom is -0.481 e. The summed E-state index contributed by atoms with van der Waals surface area (Å²) in [5.41, 5.74) is 9.38. The number of hydrogen-bond acceptors (Lipinski definition) is 3. The van der Waals surface area contributed by atoms with Crippen LogP contribution in [0.15, 0.2) is 54.6 Å². The van der Waals surface area contributed by atoms with E-state index in [1.807, 2.05) is 48.5 Å². The van der Waals surface area contributed by atoms with Gasteiger partial charge in [0, 0.05) is 6.07 Å².